The number of nitrogens with two attached hydrogens (primary N) is 1. The fourth-order valence-electron chi connectivity index (χ4n) is 2.70. The van der Waals surface area contributed by atoms with Crippen molar-refractivity contribution in [3.63, 3.8) is 0 Å². The monoisotopic (exact) mass is 385 g/mol. The summed E-state index contributed by atoms with van der Waals surface area (Å²) in [6.07, 6.45) is 0. The maximum Gasteiger partial charge on any atom is 0.336 e. The van der Waals surface area contributed by atoms with Gasteiger partial charge in [-0.15, -0.1) is 11.3 Å². The molecule has 0 aliphatic heterocycles. The van der Waals surface area contributed by atoms with Gasteiger partial charge in [-0.1, -0.05) is 30.3 Å². The number of rotatable bonds is 5. The molecule has 0 saturated heterocycles. The van der Waals surface area contributed by atoms with E-state index in [0.717, 1.165) is 22.3 Å². The molecule has 0 spiro atoms. The molecule has 6 heteroatoms. The van der Waals surface area contributed by atoms with E-state index in [4.69, 9.17) is 22.1 Å². The van der Waals surface area contributed by atoms with Crippen LogP contribution in [-0.4, -0.2) is 18.2 Å². The van der Waals surface area contributed by atoms with Gasteiger partial charge in [0.05, 0.1) is 12.7 Å². The maximum atomic E-state index is 11.5. The van der Waals surface area contributed by atoms with Gasteiger partial charge in [0, 0.05) is 32.3 Å². The molecule has 0 radical (unpaired) electrons. The highest BCUT2D eigenvalue weighted by Crippen LogP contribution is 2.45. The highest BCUT2D eigenvalue weighted by Gasteiger charge is 2.22. The van der Waals surface area contributed by atoms with Crippen LogP contribution < -0.4 is 10.5 Å². The van der Waals surface area contributed by atoms with Crippen molar-refractivity contribution in [1.29, 1.82) is 0 Å². The van der Waals surface area contributed by atoms with Crippen molar-refractivity contribution in [3.8, 4) is 28.0 Å². The number of benzene rings is 2. The first kappa shape index (κ1) is 18.0. The normalized spacial score (nSPS) is 10.5. The maximum absolute atomic E-state index is 11.5. The van der Waals surface area contributed by atoms with Gasteiger partial charge in [-0.25, -0.2) is 4.79 Å². The van der Waals surface area contributed by atoms with Crippen LogP contribution in [0.15, 0.2) is 54.4 Å². The summed E-state index contributed by atoms with van der Waals surface area (Å²) in [5.74, 6) is -0.447. The lowest BCUT2D eigenvalue weighted by Gasteiger charge is -2.12. The van der Waals surface area contributed by atoms with E-state index in [0.29, 0.717) is 21.3 Å². The number of methoxy groups -OCH3 is 1. The molecule has 0 aliphatic carbocycles. The molecule has 0 saturated carbocycles. The van der Waals surface area contributed by atoms with Gasteiger partial charge in [-0.3, -0.25) is 0 Å². The molecular weight excluding hydrogens is 370 g/mol. The minimum Gasteiger partial charge on any atom is -0.496 e. The van der Waals surface area contributed by atoms with Crippen LogP contribution in [0.4, 0.5) is 5.69 Å². The molecule has 0 fully saturated rings. The Hall–Kier alpha value is -2.76. The zero-order chi connectivity index (χ0) is 18.8. The Bertz CT molecular complexity index is 993. The first-order chi connectivity index (χ1) is 12.4. The second-order valence-electron chi connectivity index (χ2n) is 5.60. The molecule has 4 nitrogen and oxygen atoms in total. The highest BCUT2D eigenvalue weighted by atomic mass is 35.5. The van der Waals surface area contributed by atoms with Crippen molar-refractivity contribution in [1.82, 2.24) is 0 Å². The Morgan fingerprint density at radius 2 is 1.88 bits per heavy atom. The van der Waals surface area contributed by atoms with Crippen LogP contribution in [0.2, 0.25) is 5.02 Å². The van der Waals surface area contributed by atoms with Crippen molar-refractivity contribution in [2.45, 2.75) is 0 Å². The summed E-state index contributed by atoms with van der Waals surface area (Å²) in [4.78, 5) is 12.1. The third kappa shape index (κ3) is 3.31. The van der Waals surface area contributed by atoms with E-state index >= 15 is 0 Å². The number of halogens is 1. The Morgan fingerprint density at radius 3 is 2.50 bits per heavy atom. The summed E-state index contributed by atoms with van der Waals surface area (Å²) in [7, 11) is 1.57. The van der Waals surface area contributed by atoms with Crippen molar-refractivity contribution in [3.05, 3.63) is 64.3 Å². The highest BCUT2D eigenvalue weighted by molar-refractivity contribution is 7.12. The number of hydrogen-bond acceptors (Lipinski definition) is 4. The van der Waals surface area contributed by atoms with Crippen LogP contribution in [0.5, 0.6) is 5.75 Å². The predicted octanol–water partition coefficient (Wildman–Crippen LogP) is 5.42. The van der Waals surface area contributed by atoms with Gasteiger partial charge in [0.25, 0.3) is 0 Å². The quantitative estimate of drug-likeness (QED) is 0.454. The minimum atomic E-state index is -1.06. The van der Waals surface area contributed by atoms with E-state index < -0.39 is 5.97 Å². The molecule has 26 heavy (non-hydrogen) atoms. The molecule has 0 unspecified atom stereocenters. The second-order valence-corrected chi connectivity index (χ2v) is 6.92. The van der Waals surface area contributed by atoms with Gasteiger partial charge in [0.1, 0.15) is 5.75 Å². The van der Waals surface area contributed by atoms with Crippen molar-refractivity contribution in [2.75, 3.05) is 12.8 Å². The van der Waals surface area contributed by atoms with Gasteiger partial charge in [-0.05, 0) is 41.3 Å². The first-order valence-electron chi connectivity index (χ1n) is 7.66. The molecule has 1 aromatic heterocycles. The van der Waals surface area contributed by atoms with Crippen molar-refractivity contribution < 1.29 is 14.6 Å². The van der Waals surface area contributed by atoms with Crippen LogP contribution in [0.25, 0.3) is 27.8 Å². The Labute approximate surface area is 160 Å². The number of carboxylic acid groups (broad SMARTS) is 1. The topological polar surface area (TPSA) is 72.5 Å². The van der Waals surface area contributed by atoms with Gasteiger partial charge < -0.3 is 15.6 Å². The fraction of sp³-hybridized carbons (Fsp3) is 0.0500. The van der Waals surface area contributed by atoms with Crippen molar-refractivity contribution in [2.24, 2.45) is 0 Å². The van der Waals surface area contributed by atoms with Gasteiger partial charge in [0.15, 0.2) is 0 Å². The SMILES string of the molecule is C=C(C(=O)O)c1scc(-c2ccc(Cl)cc2OC)c1-c1ccc(N)cc1. The molecule has 3 aromatic rings. The van der Waals surface area contributed by atoms with Crippen LogP contribution >= 0.6 is 22.9 Å². The Kier molecular flexibility index (Phi) is 5.02. The van der Waals surface area contributed by atoms with E-state index in [1.54, 1.807) is 31.4 Å². The molecule has 3 N–H and O–H groups in total. The fourth-order valence-corrected chi connectivity index (χ4v) is 3.92. The van der Waals surface area contributed by atoms with Gasteiger partial charge in [0.2, 0.25) is 0 Å². The zero-order valence-corrected chi connectivity index (χ0v) is 15.5. The number of nitrogen functional groups attached to an aromatic ring is 1. The van der Waals surface area contributed by atoms with Crippen LogP contribution in [0.3, 0.4) is 0 Å². The number of ether oxygens (including phenoxy) is 1. The summed E-state index contributed by atoms with van der Waals surface area (Å²) in [5, 5.41) is 11.9. The number of aliphatic carboxylic acids is 1. The van der Waals surface area contributed by atoms with E-state index in [2.05, 4.69) is 6.58 Å². The third-order valence-corrected chi connectivity index (χ3v) is 5.25. The lowest BCUT2D eigenvalue weighted by Crippen LogP contribution is -1.98. The first-order valence-corrected chi connectivity index (χ1v) is 8.92. The van der Waals surface area contributed by atoms with Gasteiger partial charge in [-0.2, -0.15) is 0 Å². The molecule has 1 heterocycles. The van der Waals surface area contributed by atoms with Crippen LogP contribution in [0, 0.1) is 0 Å². The molecular formula is C20H16ClNO3S. The number of hydrogen-bond donors (Lipinski definition) is 2. The summed E-state index contributed by atoms with van der Waals surface area (Å²) in [6, 6.07) is 12.6. The molecule has 0 aliphatic rings. The standard InChI is InChI=1S/C20H16ClNO3S/c1-11(20(23)24)19-18(12-3-6-14(22)7-4-12)16(10-26-19)15-8-5-13(21)9-17(15)25-2/h3-10H,1,22H2,2H3,(H,23,24). The lowest BCUT2D eigenvalue weighted by atomic mass is 9.94. The smallest absolute Gasteiger partial charge is 0.336 e. The van der Waals surface area contributed by atoms with Crippen LogP contribution in [0.1, 0.15) is 4.88 Å². The largest absolute Gasteiger partial charge is 0.496 e. The molecule has 3 rings (SSSR count). The number of carbonyl (C=O) groups is 1. The second kappa shape index (κ2) is 7.23. The number of anilines is 1. The molecule has 0 bridgehead atoms. The zero-order valence-electron chi connectivity index (χ0n) is 14.0. The minimum absolute atomic E-state index is 0.0426. The summed E-state index contributed by atoms with van der Waals surface area (Å²) < 4.78 is 5.47. The average Bonchev–Trinajstić information content (AvgIpc) is 3.06. The number of carboxylic acids is 1. The molecule has 0 atom stereocenters. The predicted molar refractivity (Wildman–Crippen MR) is 108 cm³/mol. The molecule has 2 aromatic carbocycles. The Balaban J connectivity index is 2.28. The third-order valence-electron chi connectivity index (χ3n) is 3.98. The molecule has 132 valence electrons. The molecule has 0 amide bonds. The number of thiophene rings is 1. The summed E-state index contributed by atoms with van der Waals surface area (Å²) in [5.41, 5.74) is 9.78. The van der Waals surface area contributed by atoms with Crippen molar-refractivity contribution >= 4 is 40.2 Å². The van der Waals surface area contributed by atoms with E-state index in [9.17, 15) is 9.90 Å². The van der Waals surface area contributed by atoms with E-state index in [-0.39, 0.29) is 5.57 Å². The Morgan fingerprint density at radius 1 is 1.19 bits per heavy atom. The lowest BCUT2D eigenvalue weighted by molar-refractivity contribution is -0.130. The van der Waals surface area contributed by atoms with E-state index in [1.165, 1.54) is 11.3 Å². The van der Waals surface area contributed by atoms with Gasteiger partial charge >= 0.3 is 5.97 Å². The summed E-state index contributed by atoms with van der Waals surface area (Å²) in [6.45, 7) is 3.73. The van der Waals surface area contributed by atoms with Crippen LogP contribution in [-0.2, 0) is 4.79 Å². The average molecular weight is 386 g/mol. The summed E-state index contributed by atoms with van der Waals surface area (Å²) >= 11 is 7.40. The van der Waals surface area contributed by atoms with E-state index in [1.807, 2.05) is 23.6 Å².